The summed E-state index contributed by atoms with van der Waals surface area (Å²) in [4.78, 5) is 10.2. The lowest BCUT2D eigenvalue weighted by atomic mass is 10.0. The lowest BCUT2D eigenvalue weighted by molar-refractivity contribution is -0.384. The maximum absolute atomic E-state index is 12.8. The first-order chi connectivity index (χ1) is 11.4. The summed E-state index contributed by atoms with van der Waals surface area (Å²) >= 11 is 0. The molecule has 2 aromatic rings. The van der Waals surface area contributed by atoms with Crippen LogP contribution in [0.4, 0.5) is 17.1 Å². The maximum atomic E-state index is 12.8. The topological polar surface area (TPSA) is 107 Å². The lowest BCUT2D eigenvalue weighted by Crippen LogP contribution is -2.36. The molecule has 2 aromatic carbocycles. The minimum absolute atomic E-state index is 0. The van der Waals surface area contributed by atoms with E-state index in [2.05, 4.69) is 0 Å². The van der Waals surface area contributed by atoms with Crippen molar-refractivity contribution < 1.29 is 13.3 Å². The van der Waals surface area contributed by atoms with Gasteiger partial charge < -0.3 is 5.73 Å². The summed E-state index contributed by atoms with van der Waals surface area (Å²) < 4.78 is 27.0. The zero-order valence-electron chi connectivity index (χ0n) is 13.3. The molecule has 0 bridgehead atoms. The van der Waals surface area contributed by atoms with E-state index in [9.17, 15) is 18.5 Å². The van der Waals surface area contributed by atoms with Crippen LogP contribution in [-0.2, 0) is 22.2 Å². The van der Waals surface area contributed by atoms with Crippen LogP contribution < -0.4 is 10.0 Å². The van der Waals surface area contributed by atoms with E-state index >= 15 is 0 Å². The van der Waals surface area contributed by atoms with Crippen LogP contribution in [0.5, 0.6) is 0 Å². The highest BCUT2D eigenvalue weighted by molar-refractivity contribution is 7.92. The van der Waals surface area contributed by atoms with Crippen LogP contribution in [-0.4, -0.2) is 19.9 Å². The molecule has 0 aliphatic carbocycles. The van der Waals surface area contributed by atoms with E-state index in [1.54, 1.807) is 18.2 Å². The number of hydrogen-bond donors (Lipinski definition) is 1. The van der Waals surface area contributed by atoms with Crippen molar-refractivity contribution in [2.45, 2.75) is 18.6 Å². The Hall–Kier alpha value is -2.32. The number of nitrogen functional groups attached to an aromatic ring is 1. The first kappa shape index (κ1) is 19.0. The van der Waals surface area contributed by atoms with Crippen molar-refractivity contribution in [2.75, 3.05) is 16.6 Å². The minimum atomic E-state index is -3.59. The molecule has 0 spiro atoms. The number of nitrogens with zero attached hydrogens (tertiary/aromatic N) is 2. The lowest BCUT2D eigenvalue weighted by Gasteiger charge is -2.31. The van der Waals surface area contributed by atoms with Crippen LogP contribution in [0.3, 0.4) is 0 Å². The zero-order chi connectivity index (χ0) is 17.3. The Morgan fingerprint density at radius 1 is 1.16 bits per heavy atom. The standard InChI is InChI=1S/C16H17N3O4S.ClH/c17-15-4-1-5-16-14(15)3-2-10-18(16)24(22,23)11-12-6-8-13(9-7-12)19(20)21;/h1,4-9H,2-3,10-11,17H2;1H. The Bertz CT molecular complexity index is 885. The Morgan fingerprint density at radius 3 is 2.48 bits per heavy atom. The molecular weight excluding hydrogens is 366 g/mol. The number of fused-ring (bicyclic) bond motifs is 1. The molecule has 134 valence electrons. The molecule has 7 nitrogen and oxygen atoms in total. The number of anilines is 2. The van der Waals surface area contributed by atoms with Gasteiger partial charge in [0, 0.05) is 24.4 Å². The summed E-state index contributed by atoms with van der Waals surface area (Å²) in [5.74, 6) is -0.209. The van der Waals surface area contributed by atoms with Crippen molar-refractivity contribution in [3.05, 3.63) is 63.7 Å². The molecule has 0 amide bonds. The molecule has 2 N–H and O–H groups in total. The van der Waals surface area contributed by atoms with Gasteiger partial charge in [-0.2, -0.15) is 0 Å². The average molecular weight is 384 g/mol. The molecule has 0 unspecified atom stereocenters. The van der Waals surface area contributed by atoms with Crippen LogP contribution in [0.2, 0.25) is 0 Å². The van der Waals surface area contributed by atoms with Crippen LogP contribution in [0, 0.1) is 10.1 Å². The summed E-state index contributed by atoms with van der Waals surface area (Å²) in [6.45, 7) is 0.409. The fraction of sp³-hybridized carbons (Fsp3) is 0.250. The number of hydrogen-bond acceptors (Lipinski definition) is 5. The van der Waals surface area contributed by atoms with Gasteiger partial charge in [0.15, 0.2) is 0 Å². The molecule has 9 heteroatoms. The third kappa shape index (κ3) is 3.85. The van der Waals surface area contributed by atoms with Gasteiger partial charge in [0.05, 0.1) is 16.4 Å². The molecule has 0 radical (unpaired) electrons. The van der Waals surface area contributed by atoms with Gasteiger partial charge in [0.25, 0.3) is 5.69 Å². The van der Waals surface area contributed by atoms with Gasteiger partial charge in [0.2, 0.25) is 10.0 Å². The van der Waals surface area contributed by atoms with E-state index in [0.717, 1.165) is 12.0 Å². The van der Waals surface area contributed by atoms with Gasteiger partial charge in [-0.15, -0.1) is 12.4 Å². The van der Waals surface area contributed by atoms with Gasteiger partial charge >= 0.3 is 0 Å². The number of rotatable bonds is 4. The molecular formula is C16H18ClN3O4S. The predicted octanol–water partition coefficient (Wildman–Crippen LogP) is 2.88. The van der Waals surface area contributed by atoms with Crippen molar-refractivity contribution in [1.29, 1.82) is 0 Å². The molecule has 0 fully saturated rings. The van der Waals surface area contributed by atoms with E-state index in [0.29, 0.717) is 29.9 Å². The van der Waals surface area contributed by atoms with Crippen LogP contribution in [0.25, 0.3) is 0 Å². The first-order valence-corrected chi connectivity index (χ1v) is 9.10. The van der Waals surface area contributed by atoms with Crippen molar-refractivity contribution in [3.63, 3.8) is 0 Å². The maximum Gasteiger partial charge on any atom is 0.269 e. The Kier molecular flexibility index (Phi) is 5.54. The van der Waals surface area contributed by atoms with E-state index in [1.807, 2.05) is 0 Å². The second-order valence-electron chi connectivity index (χ2n) is 5.70. The molecule has 0 atom stereocenters. The number of benzene rings is 2. The Morgan fingerprint density at radius 2 is 1.84 bits per heavy atom. The number of nitro groups is 1. The molecule has 25 heavy (non-hydrogen) atoms. The molecule has 1 aliphatic rings. The van der Waals surface area contributed by atoms with Gasteiger partial charge in [0.1, 0.15) is 0 Å². The minimum Gasteiger partial charge on any atom is -0.398 e. The Labute approximate surface area is 152 Å². The Balaban J connectivity index is 0.00000225. The van der Waals surface area contributed by atoms with Gasteiger partial charge in [-0.1, -0.05) is 18.2 Å². The molecule has 3 rings (SSSR count). The predicted molar refractivity (Wildman–Crippen MR) is 99.5 cm³/mol. The van der Waals surface area contributed by atoms with Crippen molar-refractivity contribution >= 4 is 39.5 Å². The number of non-ortho nitro benzene ring substituents is 1. The molecule has 0 saturated carbocycles. The second kappa shape index (κ2) is 7.28. The summed E-state index contributed by atoms with van der Waals surface area (Å²) in [6, 6.07) is 10.8. The number of halogens is 1. The number of nitrogens with two attached hydrogens (primary N) is 1. The monoisotopic (exact) mass is 383 g/mol. The normalized spacial score (nSPS) is 13.7. The summed E-state index contributed by atoms with van der Waals surface area (Å²) in [5, 5.41) is 10.7. The van der Waals surface area contributed by atoms with E-state index in [1.165, 1.54) is 28.6 Å². The fourth-order valence-electron chi connectivity index (χ4n) is 2.91. The smallest absolute Gasteiger partial charge is 0.269 e. The van der Waals surface area contributed by atoms with E-state index < -0.39 is 14.9 Å². The van der Waals surface area contributed by atoms with Gasteiger partial charge in [-0.3, -0.25) is 14.4 Å². The highest BCUT2D eigenvalue weighted by Gasteiger charge is 2.28. The first-order valence-electron chi connectivity index (χ1n) is 7.49. The van der Waals surface area contributed by atoms with Crippen LogP contribution >= 0.6 is 12.4 Å². The van der Waals surface area contributed by atoms with E-state index in [-0.39, 0.29) is 23.8 Å². The average Bonchev–Trinajstić information content (AvgIpc) is 2.55. The van der Waals surface area contributed by atoms with Crippen molar-refractivity contribution in [3.8, 4) is 0 Å². The summed E-state index contributed by atoms with van der Waals surface area (Å²) in [7, 11) is -3.59. The van der Waals surface area contributed by atoms with Gasteiger partial charge in [-0.25, -0.2) is 8.42 Å². The zero-order valence-corrected chi connectivity index (χ0v) is 14.9. The van der Waals surface area contributed by atoms with E-state index in [4.69, 9.17) is 5.73 Å². The van der Waals surface area contributed by atoms with Crippen molar-refractivity contribution in [1.82, 2.24) is 0 Å². The molecule has 1 aliphatic heterocycles. The molecule has 0 aromatic heterocycles. The fourth-order valence-corrected chi connectivity index (χ4v) is 4.56. The number of sulfonamides is 1. The number of nitro benzene ring substituents is 1. The van der Waals surface area contributed by atoms with Crippen LogP contribution in [0.1, 0.15) is 17.5 Å². The highest BCUT2D eigenvalue weighted by Crippen LogP contribution is 2.33. The highest BCUT2D eigenvalue weighted by atomic mass is 35.5. The van der Waals surface area contributed by atoms with Crippen molar-refractivity contribution in [2.24, 2.45) is 0 Å². The summed E-state index contributed by atoms with van der Waals surface area (Å²) in [6.07, 6.45) is 1.46. The SMILES string of the molecule is Cl.Nc1cccc2c1CCCN2S(=O)(=O)Cc1ccc([N+](=O)[O-])cc1. The largest absolute Gasteiger partial charge is 0.398 e. The summed E-state index contributed by atoms with van der Waals surface area (Å²) in [5.41, 5.74) is 8.49. The second-order valence-corrected chi connectivity index (χ2v) is 7.59. The molecule has 0 saturated heterocycles. The third-order valence-corrected chi connectivity index (χ3v) is 5.83. The molecule has 1 heterocycles. The van der Waals surface area contributed by atoms with Gasteiger partial charge in [-0.05, 0) is 36.1 Å². The quantitative estimate of drug-likeness (QED) is 0.496. The van der Waals surface area contributed by atoms with Crippen LogP contribution in [0.15, 0.2) is 42.5 Å². The third-order valence-electron chi connectivity index (χ3n) is 4.08.